The number of nitrogens with one attached hydrogen (secondary N) is 2. The second-order valence-electron chi connectivity index (χ2n) is 6.22. The molecule has 0 aliphatic heterocycles. The number of hydrazine groups is 1. The van der Waals surface area contributed by atoms with Crippen molar-refractivity contribution in [3.05, 3.63) is 77.9 Å². The van der Waals surface area contributed by atoms with Gasteiger partial charge in [-0.25, -0.2) is 4.79 Å². The Hall–Kier alpha value is -3.87. The fraction of sp³-hybridized carbons (Fsp3) is 0.136. The number of carbonyl (C=O) groups is 3. The van der Waals surface area contributed by atoms with E-state index in [1.165, 1.54) is 6.92 Å². The van der Waals surface area contributed by atoms with Crippen LogP contribution in [0.2, 0.25) is 0 Å². The van der Waals surface area contributed by atoms with Gasteiger partial charge in [-0.3, -0.25) is 20.4 Å². The van der Waals surface area contributed by atoms with Crippen LogP contribution in [-0.2, 0) is 9.53 Å². The molecule has 0 aliphatic rings. The average Bonchev–Trinajstić information content (AvgIpc) is 2.76. The fourth-order valence-corrected chi connectivity index (χ4v) is 2.79. The molecule has 29 heavy (non-hydrogen) atoms. The lowest BCUT2D eigenvalue weighted by atomic mass is 10.0. The number of hydrogen-bond acceptors (Lipinski definition) is 5. The molecular formula is C22H20N2O5. The number of amides is 2. The van der Waals surface area contributed by atoms with Gasteiger partial charge in [0.05, 0.1) is 12.7 Å². The summed E-state index contributed by atoms with van der Waals surface area (Å²) in [5.74, 6) is -1.15. The summed E-state index contributed by atoms with van der Waals surface area (Å²) in [7, 11) is 1.55. The lowest BCUT2D eigenvalue weighted by molar-refractivity contribution is -0.129. The third-order valence-electron chi connectivity index (χ3n) is 4.31. The number of benzene rings is 3. The van der Waals surface area contributed by atoms with Crippen molar-refractivity contribution in [3.8, 4) is 5.75 Å². The smallest absolute Gasteiger partial charge is 0.339 e. The first-order chi connectivity index (χ1) is 14.0. The summed E-state index contributed by atoms with van der Waals surface area (Å²) in [5.41, 5.74) is 5.25. The zero-order valence-electron chi connectivity index (χ0n) is 16.0. The highest BCUT2D eigenvalue weighted by molar-refractivity contribution is 6.07. The van der Waals surface area contributed by atoms with Crippen LogP contribution in [0.5, 0.6) is 5.75 Å². The van der Waals surface area contributed by atoms with E-state index in [1.807, 2.05) is 12.1 Å². The third-order valence-corrected chi connectivity index (χ3v) is 4.31. The van der Waals surface area contributed by atoms with Gasteiger partial charge in [0.15, 0.2) is 6.10 Å². The van der Waals surface area contributed by atoms with Gasteiger partial charge in [-0.2, -0.15) is 0 Å². The van der Waals surface area contributed by atoms with E-state index in [0.29, 0.717) is 22.3 Å². The van der Waals surface area contributed by atoms with E-state index in [0.717, 1.165) is 5.39 Å². The van der Waals surface area contributed by atoms with Crippen molar-refractivity contribution < 1.29 is 23.9 Å². The first-order valence-corrected chi connectivity index (χ1v) is 8.93. The van der Waals surface area contributed by atoms with Crippen LogP contribution in [0, 0.1) is 0 Å². The molecule has 0 saturated heterocycles. The molecule has 3 rings (SSSR count). The van der Waals surface area contributed by atoms with Crippen LogP contribution in [0.3, 0.4) is 0 Å². The maximum atomic E-state index is 12.6. The highest BCUT2D eigenvalue weighted by Crippen LogP contribution is 2.28. The van der Waals surface area contributed by atoms with Crippen molar-refractivity contribution in [3.63, 3.8) is 0 Å². The van der Waals surface area contributed by atoms with Crippen molar-refractivity contribution in [1.29, 1.82) is 0 Å². The Morgan fingerprint density at radius 1 is 0.828 bits per heavy atom. The molecule has 3 aromatic carbocycles. The summed E-state index contributed by atoms with van der Waals surface area (Å²) in [6.07, 6.45) is -1.11. The standard InChI is InChI=1S/C22H20N2O5/c1-14(20(25)23-24-21(26)15-8-4-3-5-9-15)29-22(27)18-12-13-19(28-2)17-11-7-6-10-16(17)18/h3-14H,1-2H3,(H,23,25)(H,24,26)/t14-/m1/s1. The molecule has 0 unspecified atom stereocenters. The van der Waals surface area contributed by atoms with Crippen LogP contribution >= 0.6 is 0 Å². The summed E-state index contributed by atoms with van der Waals surface area (Å²) < 4.78 is 10.6. The van der Waals surface area contributed by atoms with Gasteiger partial charge in [0.1, 0.15) is 5.75 Å². The Labute approximate surface area is 167 Å². The van der Waals surface area contributed by atoms with E-state index in [-0.39, 0.29) is 0 Å². The van der Waals surface area contributed by atoms with Gasteiger partial charge in [0.25, 0.3) is 11.8 Å². The van der Waals surface area contributed by atoms with Crippen LogP contribution in [0.25, 0.3) is 10.8 Å². The number of carbonyl (C=O) groups excluding carboxylic acids is 3. The predicted octanol–water partition coefficient (Wildman–Crippen LogP) is 2.85. The molecule has 1 atom stereocenters. The van der Waals surface area contributed by atoms with Crippen molar-refractivity contribution >= 4 is 28.6 Å². The van der Waals surface area contributed by atoms with Crippen LogP contribution in [0.1, 0.15) is 27.6 Å². The van der Waals surface area contributed by atoms with Crippen LogP contribution in [-0.4, -0.2) is 31.0 Å². The van der Waals surface area contributed by atoms with Gasteiger partial charge in [-0.05, 0) is 36.6 Å². The number of rotatable bonds is 5. The first kappa shape index (κ1) is 19.9. The van der Waals surface area contributed by atoms with Gasteiger partial charge >= 0.3 is 5.97 Å². The molecule has 0 heterocycles. The summed E-state index contributed by atoms with van der Waals surface area (Å²) in [6, 6.07) is 18.9. The molecule has 0 bridgehead atoms. The molecule has 0 aliphatic carbocycles. The lowest BCUT2D eigenvalue weighted by Crippen LogP contribution is -2.46. The Morgan fingerprint density at radius 3 is 2.17 bits per heavy atom. The SMILES string of the molecule is COc1ccc(C(=O)O[C@H](C)C(=O)NNC(=O)c2ccccc2)c2ccccc12. The largest absolute Gasteiger partial charge is 0.496 e. The van der Waals surface area contributed by atoms with Gasteiger partial charge in [-0.1, -0.05) is 42.5 Å². The van der Waals surface area contributed by atoms with Crippen LogP contribution in [0.15, 0.2) is 66.7 Å². The number of esters is 1. The zero-order chi connectivity index (χ0) is 20.8. The molecule has 0 saturated carbocycles. The topological polar surface area (TPSA) is 93.7 Å². The van der Waals surface area contributed by atoms with Crippen molar-refractivity contribution in [2.75, 3.05) is 7.11 Å². The highest BCUT2D eigenvalue weighted by atomic mass is 16.5. The molecule has 148 valence electrons. The molecule has 2 amide bonds. The molecule has 0 spiro atoms. The first-order valence-electron chi connectivity index (χ1n) is 8.93. The van der Waals surface area contributed by atoms with Gasteiger partial charge in [0, 0.05) is 10.9 Å². The third kappa shape index (κ3) is 4.52. The van der Waals surface area contributed by atoms with Crippen molar-refractivity contribution in [2.24, 2.45) is 0 Å². The average molecular weight is 392 g/mol. The van der Waals surface area contributed by atoms with E-state index < -0.39 is 23.9 Å². The lowest BCUT2D eigenvalue weighted by Gasteiger charge is -2.15. The minimum absolute atomic E-state index is 0.314. The summed E-state index contributed by atoms with van der Waals surface area (Å²) in [4.78, 5) is 36.8. The number of methoxy groups -OCH3 is 1. The van der Waals surface area contributed by atoms with E-state index >= 15 is 0 Å². The van der Waals surface area contributed by atoms with Gasteiger partial charge < -0.3 is 9.47 Å². The number of fused-ring (bicyclic) bond motifs is 1. The highest BCUT2D eigenvalue weighted by Gasteiger charge is 2.21. The normalized spacial score (nSPS) is 11.4. The van der Waals surface area contributed by atoms with E-state index in [2.05, 4.69) is 10.9 Å². The van der Waals surface area contributed by atoms with Gasteiger partial charge in [-0.15, -0.1) is 0 Å². The Kier molecular flexibility index (Phi) is 6.09. The van der Waals surface area contributed by atoms with E-state index in [9.17, 15) is 14.4 Å². The van der Waals surface area contributed by atoms with E-state index in [4.69, 9.17) is 9.47 Å². The quantitative estimate of drug-likeness (QED) is 0.514. The summed E-state index contributed by atoms with van der Waals surface area (Å²) in [6.45, 7) is 1.42. The second-order valence-corrected chi connectivity index (χ2v) is 6.22. The van der Waals surface area contributed by atoms with E-state index in [1.54, 1.807) is 61.7 Å². The number of ether oxygens (including phenoxy) is 2. The maximum absolute atomic E-state index is 12.6. The maximum Gasteiger partial charge on any atom is 0.339 e. The molecule has 7 nitrogen and oxygen atoms in total. The van der Waals surface area contributed by atoms with Crippen LogP contribution < -0.4 is 15.6 Å². The number of hydrogen-bond donors (Lipinski definition) is 2. The fourth-order valence-electron chi connectivity index (χ4n) is 2.79. The Morgan fingerprint density at radius 2 is 1.48 bits per heavy atom. The monoisotopic (exact) mass is 392 g/mol. The molecule has 0 radical (unpaired) electrons. The van der Waals surface area contributed by atoms with Crippen LogP contribution in [0.4, 0.5) is 0 Å². The predicted molar refractivity (Wildman–Crippen MR) is 107 cm³/mol. The molecule has 0 aromatic heterocycles. The molecule has 7 heteroatoms. The van der Waals surface area contributed by atoms with Gasteiger partial charge in [0.2, 0.25) is 0 Å². The zero-order valence-corrected chi connectivity index (χ0v) is 16.0. The Bertz CT molecular complexity index is 1050. The van der Waals surface area contributed by atoms with Crippen molar-refractivity contribution in [1.82, 2.24) is 10.9 Å². The summed E-state index contributed by atoms with van der Waals surface area (Å²) in [5, 5.41) is 1.42. The molecule has 0 fully saturated rings. The molecule has 3 aromatic rings. The molecular weight excluding hydrogens is 372 g/mol. The minimum Gasteiger partial charge on any atom is -0.496 e. The molecule has 2 N–H and O–H groups in total. The van der Waals surface area contributed by atoms with Crippen molar-refractivity contribution in [2.45, 2.75) is 13.0 Å². The second kappa shape index (κ2) is 8.88. The summed E-state index contributed by atoms with van der Waals surface area (Å²) >= 11 is 0. The minimum atomic E-state index is -1.11. The Balaban J connectivity index is 1.65.